The summed E-state index contributed by atoms with van der Waals surface area (Å²) in [6.45, 7) is 1.68. The molecule has 1 fully saturated rings. The Bertz CT molecular complexity index is 335. The van der Waals surface area contributed by atoms with Crippen molar-refractivity contribution in [3.63, 3.8) is 0 Å². The molecule has 15 heavy (non-hydrogen) atoms. The van der Waals surface area contributed by atoms with E-state index < -0.39 is 11.6 Å². The van der Waals surface area contributed by atoms with E-state index in [4.69, 9.17) is 9.47 Å². The predicted molar refractivity (Wildman–Crippen MR) is 49.6 cm³/mol. The predicted octanol–water partition coefficient (Wildman–Crippen LogP) is 2.18. The molecule has 1 heterocycles. The summed E-state index contributed by atoms with van der Waals surface area (Å²) in [5, 5.41) is 0. The largest absolute Gasteiger partial charge is 0.489 e. The number of hydrogen-bond donors (Lipinski definition) is 0. The van der Waals surface area contributed by atoms with Crippen LogP contribution < -0.4 is 4.74 Å². The normalized spacial score (nSPS) is 20.5. The molecule has 1 aliphatic rings. The quantitative estimate of drug-likeness (QED) is 0.766. The van der Waals surface area contributed by atoms with E-state index in [-0.39, 0.29) is 11.7 Å². The number of hydrogen-bond acceptors (Lipinski definition) is 2. The second-order valence-corrected chi connectivity index (χ2v) is 3.51. The lowest BCUT2D eigenvalue weighted by atomic mass is 10.1. The van der Waals surface area contributed by atoms with Gasteiger partial charge in [-0.1, -0.05) is 0 Å². The summed E-state index contributed by atoms with van der Waals surface area (Å²) < 4.78 is 36.2. The molecule has 4 heteroatoms. The molecule has 1 radical (unpaired) electrons. The number of benzene rings is 1. The zero-order valence-electron chi connectivity index (χ0n) is 8.13. The van der Waals surface area contributed by atoms with Gasteiger partial charge < -0.3 is 9.47 Å². The van der Waals surface area contributed by atoms with Crippen molar-refractivity contribution in [1.29, 1.82) is 0 Å². The Morgan fingerprint density at radius 1 is 1.53 bits per heavy atom. The Morgan fingerprint density at radius 2 is 2.40 bits per heavy atom. The van der Waals surface area contributed by atoms with Crippen molar-refractivity contribution in [1.82, 2.24) is 0 Å². The summed E-state index contributed by atoms with van der Waals surface area (Å²) in [6.07, 6.45) is 0.900. The first-order valence-corrected chi connectivity index (χ1v) is 4.83. The van der Waals surface area contributed by atoms with E-state index >= 15 is 0 Å². The van der Waals surface area contributed by atoms with Crippen LogP contribution >= 0.6 is 0 Å². The van der Waals surface area contributed by atoms with Crippen LogP contribution in [0.2, 0.25) is 0 Å². The Hall–Kier alpha value is -1.16. The van der Waals surface area contributed by atoms with Gasteiger partial charge >= 0.3 is 0 Å². The van der Waals surface area contributed by atoms with Gasteiger partial charge in [-0.05, 0) is 18.6 Å². The Kier molecular flexibility index (Phi) is 3.16. The average Bonchev–Trinajstić information content (AvgIpc) is 2.73. The molecular formula is C11H11F2O2. The molecule has 0 saturated carbocycles. The van der Waals surface area contributed by atoms with Gasteiger partial charge in [-0.25, -0.2) is 4.39 Å². The van der Waals surface area contributed by atoms with Gasteiger partial charge in [0.1, 0.15) is 0 Å². The fourth-order valence-electron chi connectivity index (χ4n) is 1.46. The second-order valence-electron chi connectivity index (χ2n) is 3.51. The van der Waals surface area contributed by atoms with Gasteiger partial charge in [0.2, 0.25) is 5.82 Å². The van der Waals surface area contributed by atoms with Gasteiger partial charge in [0.05, 0.1) is 13.2 Å². The summed E-state index contributed by atoms with van der Waals surface area (Å²) in [4.78, 5) is 0. The second kappa shape index (κ2) is 4.57. The summed E-state index contributed by atoms with van der Waals surface area (Å²) in [7, 11) is 0. The maximum Gasteiger partial charge on any atom is 0.201 e. The van der Waals surface area contributed by atoms with Crippen LogP contribution in [0.1, 0.15) is 6.42 Å². The SMILES string of the molecule is Fc1cc[c]c(OCC2CCOC2)c1F. The highest BCUT2D eigenvalue weighted by atomic mass is 19.2. The molecule has 1 aliphatic heterocycles. The molecule has 1 unspecified atom stereocenters. The van der Waals surface area contributed by atoms with E-state index in [1.807, 2.05) is 0 Å². The van der Waals surface area contributed by atoms with Crippen LogP contribution in [0.5, 0.6) is 5.75 Å². The van der Waals surface area contributed by atoms with Crippen LogP contribution in [0.3, 0.4) is 0 Å². The molecule has 0 bridgehead atoms. The van der Waals surface area contributed by atoms with Crippen molar-refractivity contribution >= 4 is 0 Å². The van der Waals surface area contributed by atoms with Crippen LogP contribution in [-0.2, 0) is 4.74 Å². The summed E-state index contributed by atoms with van der Waals surface area (Å²) in [5.41, 5.74) is 0. The van der Waals surface area contributed by atoms with E-state index in [2.05, 4.69) is 6.07 Å². The minimum Gasteiger partial charge on any atom is -0.489 e. The first kappa shape index (κ1) is 10.4. The minimum atomic E-state index is -0.976. The van der Waals surface area contributed by atoms with Crippen molar-refractivity contribution in [2.75, 3.05) is 19.8 Å². The molecule has 0 spiro atoms. The molecule has 1 atom stereocenters. The fraction of sp³-hybridized carbons (Fsp3) is 0.455. The van der Waals surface area contributed by atoms with Crippen molar-refractivity contribution < 1.29 is 18.3 Å². The minimum absolute atomic E-state index is 0.151. The molecule has 0 aliphatic carbocycles. The molecule has 1 saturated heterocycles. The van der Waals surface area contributed by atoms with Crippen LogP contribution in [0.4, 0.5) is 8.78 Å². The van der Waals surface area contributed by atoms with Gasteiger partial charge in [0.15, 0.2) is 11.6 Å². The highest BCUT2D eigenvalue weighted by Gasteiger charge is 2.17. The fourth-order valence-corrected chi connectivity index (χ4v) is 1.46. The lowest BCUT2D eigenvalue weighted by Crippen LogP contribution is -2.12. The smallest absolute Gasteiger partial charge is 0.201 e. The Labute approximate surface area is 86.8 Å². The Morgan fingerprint density at radius 3 is 3.13 bits per heavy atom. The lowest BCUT2D eigenvalue weighted by Gasteiger charge is -2.10. The third kappa shape index (κ3) is 2.45. The van der Waals surface area contributed by atoms with Gasteiger partial charge in [0.25, 0.3) is 0 Å². The third-order valence-electron chi connectivity index (χ3n) is 2.34. The highest BCUT2D eigenvalue weighted by molar-refractivity contribution is 5.23. The maximum atomic E-state index is 13.1. The van der Waals surface area contributed by atoms with E-state index in [1.54, 1.807) is 0 Å². The molecule has 2 nitrogen and oxygen atoms in total. The molecule has 0 amide bonds. The van der Waals surface area contributed by atoms with Gasteiger partial charge in [-0.15, -0.1) is 0 Å². The van der Waals surface area contributed by atoms with E-state index in [1.165, 1.54) is 6.07 Å². The van der Waals surface area contributed by atoms with E-state index in [0.29, 0.717) is 19.8 Å². The third-order valence-corrected chi connectivity index (χ3v) is 2.34. The number of halogens is 2. The van der Waals surface area contributed by atoms with Crippen LogP contribution in [-0.4, -0.2) is 19.8 Å². The molecule has 0 N–H and O–H groups in total. The van der Waals surface area contributed by atoms with Gasteiger partial charge in [-0.2, -0.15) is 4.39 Å². The average molecular weight is 213 g/mol. The maximum absolute atomic E-state index is 13.1. The number of ether oxygens (including phenoxy) is 2. The van der Waals surface area contributed by atoms with Crippen molar-refractivity contribution in [3.8, 4) is 5.75 Å². The van der Waals surface area contributed by atoms with Crippen LogP contribution in [0.25, 0.3) is 0 Å². The zero-order valence-corrected chi connectivity index (χ0v) is 8.13. The van der Waals surface area contributed by atoms with Gasteiger partial charge in [0, 0.05) is 18.6 Å². The first-order chi connectivity index (χ1) is 7.27. The Balaban J connectivity index is 1.95. The van der Waals surface area contributed by atoms with Gasteiger partial charge in [-0.3, -0.25) is 0 Å². The summed E-state index contributed by atoms with van der Waals surface area (Å²) in [5.74, 6) is -1.77. The molecule has 1 aromatic carbocycles. The lowest BCUT2D eigenvalue weighted by molar-refractivity contribution is 0.165. The van der Waals surface area contributed by atoms with Crippen LogP contribution in [0, 0.1) is 23.6 Å². The van der Waals surface area contributed by atoms with E-state index in [0.717, 1.165) is 12.5 Å². The molecule has 0 aromatic heterocycles. The number of rotatable bonds is 3. The van der Waals surface area contributed by atoms with Crippen molar-refractivity contribution in [2.45, 2.75) is 6.42 Å². The van der Waals surface area contributed by atoms with Crippen molar-refractivity contribution in [2.24, 2.45) is 5.92 Å². The van der Waals surface area contributed by atoms with Crippen molar-refractivity contribution in [3.05, 3.63) is 29.8 Å². The molecule has 2 rings (SSSR count). The monoisotopic (exact) mass is 213 g/mol. The highest BCUT2D eigenvalue weighted by Crippen LogP contribution is 2.20. The zero-order chi connectivity index (χ0) is 10.7. The standard InChI is InChI=1S/C11H11F2O2/c12-9-2-1-3-10(11(9)13)15-7-8-4-5-14-6-8/h1-2,8H,4-7H2. The first-order valence-electron chi connectivity index (χ1n) is 4.83. The van der Waals surface area contributed by atoms with E-state index in [9.17, 15) is 8.78 Å². The molecular weight excluding hydrogens is 202 g/mol. The molecule has 1 aromatic rings. The summed E-state index contributed by atoms with van der Waals surface area (Å²) in [6, 6.07) is 4.84. The molecule has 81 valence electrons. The topological polar surface area (TPSA) is 18.5 Å². The van der Waals surface area contributed by atoms with Crippen LogP contribution in [0.15, 0.2) is 12.1 Å². The summed E-state index contributed by atoms with van der Waals surface area (Å²) >= 11 is 0.